The third-order valence-corrected chi connectivity index (χ3v) is 5.39. The van der Waals surface area contributed by atoms with Crippen LogP contribution in [0.15, 0.2) is 24.5 Å². The maximum Gasteiger partial charge on any atom is 0.213 e. The van der Waals surface area contributed by atoms with E-state index >= 15 is 0 Å². The molecule has 1 unspecified atom stereocenters. The van der Waals surface area contributed by atoms with Gasteiger partial charge in [0.25, 0.3) is 0 Å². The first-order valence-electron chi connectivity index (χ1n) is 7.08. The quantitative estimate of drug-likeness (QED) is 0.917. The van der Waals surface area contributed by atoms with Gasteiger partial charge >= 0.3 is 0 Å². The molecule has 3 rings (SSSR count). The van der Waals surface area contributed by atoms with Crippen molar-refractivity contribution < 1.29 is 12.8 Å². The van der Waals surface area contributed by atoms with Crippen molar-refractivity contribution in [1.82, 2.24) is 14.7 Å². The van der Waals surface area contributed by atoms with Crippen molar-refractivity contribution in [2.45, 2.75) is 18.9 Å². The van der Waals surface area contributed by atoms with E-state index in [1.165, 1.54) is 25.5 Å². The lowest BCUT2D eigenvalue weighted by molar-refractivity contribution is 0.577. The van der Waals surface area contributed by atoms with Crippen LogP contribution < -0.4 is 9.62 Å². The molecule has 0 spiro atoms. The smallest absolute Gasteiger partial charge is 0.213 e. The van der Waals surface area contributed by atoms with Gasteiger partial charge in [0.05, 0.1) is 11.3 Å². The maximum atomic E-state index is 13.5. The first kappa shape index (κ1) is 15.1. The fourth-order valence-electron chi connectivity index (χ4n) is 2.87. The molecule has 1 atom stereocenters. The molecule has 1 fully saturated rings. The summed E-state index contributed by atoms with van der Waals surface area (Å²) in [5.41, 5.74) is 0.647. The molecule has 0 amide bonds. The van der Waals surface area contributed by atoms with Gasteiger partial charge in [0, 0.05) is 18.0 Å². The lowest BCUT2D eigenvalue weighted by Crippen LogP contribution is -2.39. The first-order valence-corrected chi connectivity index (χ1v) is 8.73. The number of aromatic nitrogens is 2. The summed E-state index contributed by atoms with van der Waals surface area (Å²) >= 11 is 0. The summed E-state index contributed by atoms with van der Waals surface area (Å²) in [4.78, 5) is 10.3. The SMILES string of the molecule is CNS(=O)(=O)CC1CCCN1c1ncnc2ccc(F)cc12. The molecule has 6 nitrogen and oxygen atoms in total. The van der Waals surface area contributed by atoms with Crippen molar-refractivity contribution in [2.75, 3.05) is 24.2 Å². The fraction of sp³-hybridized carbons (Fsp3) is 0.429. The van der Waals surface area contributed by atoms with Gasteiger partial charge in [-0.3, -0.25) is 0 Å². The number of rotatable bonds is 4. The van der Waals surface area contributed by atoms with Gasteiger partial charge in [-0.1, -0.05) is 0 Å². The topological polar surface area (TPSA) is 75.2 Å². The van der Waals surface area contributed by atoms with Crippen LogP contribution in [0.3, 0.4) is 0 Å². The van der Waals surface area contributed by atoms with Crippen molar-refractivity contribution >= 4 is 26.7 Å². The van der Waals surface area contributed by atoms with E-state index in [0.717, 1.165) is 12.8 Å². The highest BCUT2D eigenvalue weighted by molar-refractivity contribution is 7.89. The molecule has 1 aromatic heterocycles. The van der Waals surface area contributed by atoms with Gasteiger partial charge in [0.1, 0.15) is 18.0 Å². The highest BCUT2D eigenvalue weighted by Gasteiger charge is 2.30. The van der Waals surface area contributed by atoms with E-state index in [9.17, 15) is 12.8 Å². The Morgan fingerprint density at radius 3 is 3.00 bits per heavy atom. The Labute approximate surface area is 128 Å². The van der Waals surface area contributed by atoms with Crippen LogP contribution in [-0.2, 0) is 10.0 Å². The molecular formula is C14H17FN4O2S. The van der Waals surface area contributed by atoms with Gasteiger partial charge in [0.2, 0.25) is 10.0 Å². The van der Waals surface area contributed by atoms with Crippen LogP contribution in [-0.4, -0.2) is 43.8 Å². The van der Waals surface area contributed by atoms with E-state index in [0.29, 0.717) is 23.3 Å². The largest absolute Gasteiger partial charge is 0.352 e. The van der Waals surface area contributed by atoms with Gasteiger partial charge < -0.3 is 4.90 Å². The molecule has 118 valence electrons. The zero-order valence-corrected chi connectivity index (χ0v) is 13.0. The van der Waals surface area contributed by atoms with Crippen LogP contribution in [0.1, 0.15) is 12.8 Å². The predicted molar refractivity (Wildman–Crippen MR) is 82.7 cm³/mol. The van der Waals surface area contributed by atoms with Crippen molar-refractivity contribution in [3.8, 4) is 0 Å². The molecule has 22 heavy (non-hydrogen) atoms. The molecule has 1 saturated heterocycles. The molecule has 0 bridgehead atoms. The van der Waals surface area contributed by atoms with E-state index in [1.54, 1.807) is 6.07 Å². The van der Waals surface area contributed by atoms with E-state index < -0.39 is 10.0 Å². The van der Waals surface area contributed by atoms with E-state index in [-0.39, 0.29) is 17.6 Å². The summed E-state index contributed by atoms with van der Waals surface area (Å²) < 4.78 is 39.5. The number of halogens is 1. The molecule has 0 saturated carbocycles. The second kappa shape index (κ2) is 5.77. The minimum atomic E-state index is -3.31. The summed E-state index contributed by atoms with van der Waals surface area (Å²) in [6.45, 7) is 0.701. The monoisotopic (exact) mass is 324 g/mol. The van der Waals surface area contributed by atoms with Crippen LogP contribution >= 0.6 is 0 Å². The summed E-state index contributed by atoms with van der Waals surface area (Å²) in [6, 6.07) is 4.18. The highest BCUT2D eigenvalue weighted by Crippen LogP contribution is 2.30. The Balaban J connectivity index is 2.01. The van der Waals surface area contributed by atoms with Crippen molar-refractivity contribution in [1.29, 1.82) is 0 Å². The molecule has 1 aliphatic rings. The van der Waals surface area contributed by atoms with E-state index in [1.807, 2.05) is 4.90 Å². The van der Waals surface area contributed by atoms with Crippen LogP contribution in [0.4, 0.5) is 10.2 Å². The highest BCUT2D eigenvalue weighted by atomic mass is 32.2. The molecule has 1 aliphatic heterocycles. The lowest BCUT2D eigenvalue weighted by atomic mass is 10.2. The number of nitrogens with zero attached hydrogens (tertiary/aromatic N) is 3. The van der Waals surface area contributed by atoms with Crippen molar-refractivity contribution in [2.24, 2.45) is 0 Å². The minimum Gasteiger partial charge on any atom is -0.352 e. The van der Waals surface area contributed by atoms with Gasteiger partial charge in [-0.25, -0.2) is 27.5 Å². The second-order valence-electron chi connectivity index (χ2n) is 5.33. The Kier molecular flexibility index (Phi) is 3.96. The van der Waals surface area contributed by atoms with Gasteiger partial charge in [-0.05, 0) is 38.1 Å². The number of benzene rings is 1. The maximum absolute atomic E-state index is 13.5. The van der Waals surface area contributed by atoms with Crippen molar-refractivity contribution in [3.05, 3.63) is 30.3 Å². The minimum absolute atomic E-state index is 0.00428. The number of sulfonamides is 1. The zero-order valence-electron chi connectivity index (χ0n) is 12.2. The average Bonchev–Trinajstić information content (AvgIpc) is 2.94. The summed E-state index contributed by atoms with van der Waals surface area (Å²) in [5.74, 6) is 0.241. The van der Waals surface area contributed by atoms with Gasteiger partial charge in [-0.2, -0.15) is 0 Å². The second-order valence-corrected chi connectivity index (χ2v) is 7.30. The molecule has 2 heterocycles. The number of anilines is 1. The Morgan fingerprint density at radius 1 is 1.41 bits per heavy atom. The molecule has 1 N–H and O–H groups in total. The number of nitrogens with one attached hydrogen (secondary N) is 1. The lowest BCUT2D eigenvalue weighted by Gasteiger charge is -2.26. The number of hydrogen-bond donors (Lipinski definition) is 1. The molecule has 2 aromatic rings. The van der Waals surface area contributed by atoms with Crippen LogP contribution in [0, 0.1) is 5.82 Å². The van der Waals surface area contributed by atoms with Crippen LogP contribution in [0.2, 0.25) is 0 Å². The number of hydrogen-bond acceptors (Lipinski definition) is 5. The molecular weight excluding hydrogens is 307 g/mol. The summed E-state index contributed by atoms with van der Waals surface area (Å²) in [5, 5.41) is 0.608. The zero-order chi connectivity index (χ0) is 15.7. The number of fused-ring (bicyclic) bond motifs is 1. The van der Waals surface area contributed by atoms with E-state index in [4.69, 9.17) is 0 Å². The van der Waals surface area contributed by atoms with E-state index in [2.05, 4.69) is 14.7 Å². The van der Waals surface area contributed by atoms with Gasteiger partial charge in [0.15, 0.2) is 0 Å². The Hall–Kier alpha value is -1.80. The first-order chi connectivity index (χ1) is 10.5. The fourth-order valence-corrected chi connectivity index (χ4v) is 3.89. The molecule has 0 aliphatic carbocycles. The van der Waals surface area contributed by atoms with Gasteiger partial charge in [-0.15, -0.1) is 0 Å². The Bertz CT molecular complexity index is 797. The molecule has 8 heteroatoms. The molecule has 1 aromatic carbocycles. The molecule has 0 radical (unpaired) electrons. The van der Waals surface area contributed by atoms with Crippen LogP contribution in [0.25, 0.3) is 10.9 Å². The standard InChI is InChI=1S/C14H17FN4O2S/c1-16-22(20,21)8-11-3-2-6-19(11)14-12-7-10(15)4-5-13(12)17-9-18-14/h4-5,7,9,11,16H,2-3,6,8H2,1H3. The third kappa shape index (κ3) is 2.89. The predicted octanol–water partition coefficient (Wildman–Crippen LogP) is 1.29. The van der Waals surface area contributed by atoms with Crippen LogP contribution in [0.5, 0.6) is 0 Å². The summed E-state index contributed by atoms with van der Waals surface area (Å²) in [6.07, 6.45) is 3.07. The van der Waals surface area contributed by atoms with Crippen molar-refractivity contribution in [3.63, 3.8) is 0 Å². The normalized spacial score (nSPS) is 19.0. The average molecular weight is 324 g/mol. The summed E-state index contributed by atoms with van der Waals surface area (Å²) in [7, 11) is -1.91. The Morgan fingerprint density at radius 2 is 2.23 bits per heavy atom. The third-order valence-electron chi connectivity index (χ3n) is 3.95.